The molecule has 4 N–H and O–H groups in total. The molecule has 0 aromatic carbocycles. The van der Waals surface area contributed by atoms with E-state index in [4.69, 9.17) is 49.1 Å². The van der Waals surface area contributed by atoms with E-state index in [1.807, 2.05) is 0 Å². The second kappa shape index (κ2) is 8.17. The van der Waals surface area contributed by atoms with E-state index in [1.54, 1.807) is 0 Å². The van der Waals surface area contributed by atoms with Gasteiger partial charge in [0.25, 0.3) is 0 Å². The molecule has 0 saturated heterocycles. The van der Waals surface area contributed by atoms with Crippen LogP contribution in [0.2, 0.25) is 12.6 Å². The zero-order chi connectivity index (χ0) is 11.1. The van der Waals surface area contributed by atoms with Crippen molar-refractivity contribution in [1.82, 2.24) is 0 Å². The molecule has 0 amide bonds. The fourth-order valence-corrected chi connectivity index (χ4v) is 1.12. The molecule has 0 spiro atoms. The number of nitrogens with two attached hydrogens (primary N) is 2. The Morgan fingerprint density at radius 1 is 1.08 bits per heavy atom. The number of rotatable bonds is 3. The van der Waals surface area contributed by atoms with Crippen molar-refractivity contribution in [1.29, 1.82) is 0 Å². The summed E-state index contributed by atoms with van der Waals surface area (Å²) in [5, 5.41) is 0. The van der Waals surface area contributed by atoms with Gasteiger partial charge in [-0.05, 0) is 12.3 Å². The van der Waals surface area contributed by atoms with Gasteiger partial charge < -0.3 is 11.5 Å². The van der Waals surface area contributed by atoms with Crippen molar-refractivity contribution in [2.45, 2.75) is 19.5 Å². The average molecular weight is 469 g/mol. The first-order chi connectivity index (χ1) is 5.68. The van der Waals surface area contributed by atoms with Crippen LogP contribution in [0.1, 0.15) is 6.92 Å². The molecule has 0 aromatic rings. The van der Waals surface area contributed by atoms with E-state index < -0.39 is 20.0 Å². The van der Waals surface area contributed by atoms with Crippen LogP contribution in [-0.2, 0) is 11.9 Å². The summed E-state index contributed by atoms with van der Waals surface area (Å²) in [7, 11) is 18.9. The summed E-state index contributed by atoms with van der Waals surface area (Å²) in [4.78, 5) is 0. The van der Waals surface area contributed by atoms with E-state index in [-0.39, 0.29) is 0 Å². The van der Waals surface area contributed by atoms with Gasteiger partial charge >= 0.3 is 49.6 Å². The maximum atomic E-state index is 5.51. The van der Waals surface area contributed by atoms with Gasteiger partial charge in [-0.15, -0.1) is 0 Å². The van der Waals surface area contributed by atoms with Crippen LogP contribution in [-0.4, -0.2) is 20.4 Å². The molecular weight excluding hydrogens is 453 g/mol. The van der Waals surface area contributed by atoms with Gasteiger partial charge in [-0.1, -0.05) is 19.5 Å². The van der Waals surface area contributed by atoms with E-state index in [1.165, 1.54) is 6.04 Å². The van der Waals surface area contributed by atoms with Gasteiger partial charge in [-0.25, -0.2) is 0 Å². The summed E-state index contributed by atoms with van der Waals surface area (Å²) in [6.07, 6.45) is 1.67. The fraction of sp³-hybridized carbons (Fsp3) is 1.00. The molecule has 0 aliphatic heterocycles. The van der Waals surface area contributed by atoms with Crippen LogP contribution in [0.5, 0.6) is 0 Å². The molecule has 13 heavy (non-hydrogen) atoms. The van der Waals surface area contributed by atoms with Crippen molar-refractivity contribution in [3.63, 3.8) is 0 Å². The molecule has 0 unspecified atom stereocenters. The van der Waals surface area contributed by atoms with Gasteiger partial charge in [0, 0.05) is 0 Å². The molecule has 0 heterocycles. The van der Waals surface area contributed by atoms with E-state index >= 15 is 0 Å². The van der Waals surface area contributed by atoms with Crippen LogP contribution in [0.25, 0.3) is 0 Å². The van der Waals surface area contributed by atoms with Gasteiger partial charge in [0.05, 0.1) is 8.07 Å². The van der Waals surface area contributed by atoms with Crippen LogP contribution in [0.4, 0.5) is 0 Å². The second-order valence-corrected chi connectivity index (χ2v) is 27.7. The van der Waals surface area contributed by atoms with Crippen molar-refractivity contribution in [3.8, 4) is 0 Å². The fourth-order valence-electron chi connectivity index (χ4n) is 0.372. The predicted molar refractivity (Wildman–Crippen MR) is 63.6 cm³/mol. The molecular formula is C5H16Cl4N2PtSi. The first-order valence-corrected chi connectivity index (χ1v) is 17.9. The van der Waals surface area contributed by atoms with Crippen molar-refractivity contribution >= 4 is 45.7 Å². The second-order valence-electron chi connectivity index (χ2n) is 2.84. The van der Waals surface area contributed by atoms with Crippen molar-refractivity contribution in [3.05, 3.63) is 0 Å². The minimum absolute atomic E-state index is 0.833. The first kappa shape index (κ1) is 17.4. The Labute approximate surface area is 100 Å². The molecule has 88 valence electrons. The minimum atomic E-state index is -3.06. The maximum absolute atomic E-state index is 5.51. The normalized spacial score (nSPS) is 13.2. The standard InChI is InChI=1S/C5H16N2Si.4ClH.Pt/c1-3-8(2,4-6)5-7;;;;;/h3-7H2,1-2H3;4*1H;/q;;;;;+4/p-4. The molecule has 0 aromatic heterocycles. The Morgan fingerprint density at radius 3 is 1.31 bits per heavy atom. The Bertz CT molecular complexity index is 114. The molecule has 0 aliphatic carbocycles. The van der Waals surface area contributed by atoms with E-state index in [2.05, 4.69) is 13.5 Å². The molecule has 8 heteroatoms. The van der Waals surface area contributed by atoms with Crippen LogP contribution in [0, 0.1) is 0 Å². The van der Waals surface area contributed by atoms with Gasteiger partial charge in [-0.3, -0.25) is 0 Å². The molecule has 0 rings (SSSR count). The Balaban J connectivity index is 0. The van der Waals surface area contributed by atoms with Crippen LogP contribution < -0.4 is 11.5 Å². The van der Waals surface area contributed by atoms with Gasteiger partial charge in [-0.2, -0.15) is 0 Å². The van der Waals surface area contributed by atoms with Gasteiger partial charge in [0.1, 0.15) is 0 Å². The topological polar surface area (TPSA) is 52.0 Å². The van der Waals surface area contributed by atoms with Crippen LogP contribution in [0.15, 0.2) is 0 Å². The monoisotopic (exact) mass is 467 g/mol. The molecule has 0 aliphatic rings. The Kier molecular flexibility index (Phi) is 10.9. The van der Waals surface area contributed by atoms with Gasteiger partial charge in [0.15, 0.2) is 0 Å². The SMILES string of the molecule is CC[Si](C)(CN)CN.[Cl][Pt]([Cl])([Cl])[Cl]. The van der Waals surface area contributed by atoms with Crippen molar-refractivity contribution in [2.75, 3.05) is 12.3 Å². The molecule has 0 saturated carbocycles. The zero-order valence-electron chi connectivity index (χ0n) is 7.60. The Morgan fingerprint density at radius 2 is 1.31 bits per heavy atom. The molecule has 0 fully saturated rings. The van der Waals surface area contributed by atoms with Crippen LogP contribution in [0.3, 0.4) is 0 Å². The van der Waals surface area contributed by atoms with Crippen LogP contribution >= 0.6 is 37.7 Å². The average Bonchev–Trinajstić information content (AvgIpc) is 2.00. The molecule has 0 bridgehead atoms. The van der Waals surface area contributed by atoms with E-state index in [0.29, 0.717) is 0 Å². The molecule has 0 atom stereocenters. The third kappa shape index (κ3) is 16.6. The molecule has 0 radical (unpaired) electrons. The summed E-state index contributed by atoms with van der Waals surface area (Å²) >= 11 is -3.06. The number of hydrogen-bond donors (Lipinski definition) is 2. The quantitative estimate of drug-likeness (QED) is 0.626. The summed E-state index contributed by atoms with van der Waals surface area (Å²) in [5.74, 6) is 0. The molecule has 2 nitrogen and oxygen atoms in total. The summed E-state index contributed by atoms with van der Waals surface area (Å²) in [5.41, 5.74) is 11.0. The van der Waals surface area contributed by atoms with Gasteiger partial charge in [0.2, 0.25) is 0 Å². The number of hydrogen-bond acceptors (Lipinski definition) is 2. The summed E-state index contributed by atoms with van der Waals surface area (Å²) < 4.78 is 0. The zero-order valence-corrected chi connectivity index (χ0v) is 13.9. The third-order valence-corrected chi connectivity index (χ3v) is 5.52. The van der Waals surface area contributed by atoms with Crippen molar-refractivity contribution in [2.24, 2.45) is 11.5 Å². The van der Waals surface area contributed by atoms with Crippen molar-refractivity contribution < 1.29 is 11.9 Å². The summed E-state index contributed by atoms with van der Waals surface area (Å²) in [6.45, 7) is 4.42. The first-order valence-electron chi connectivity index (χ1n) is 3.56. The third-order valence-electron chi connectivity index (χ3n) is 1.84. The predicted octanol–water partition coefficient (Wildman–Crippen LogP) is 2.84. The van der Waals surface area contributed by atoms with E-state index in [9.17, 15) is 0 Å². The Hall–Kier alpha value is 1.99. The summed E-state index contributed by atoms with van der Waals surface area (Å²) in [6, 6.07) is 1.21. The number of halogens is 4. The van der Waals surface area contributed by atoms with E-state index in [0.717, 1.165) is 12.3 Å².